The number of thiazole rings is 1. The molecule has 0 radical (unpaired) electrons. The van der Waals surface area contributed by atoms with Crippen LogP contribution in [0.5, 0.6) is 0 Å². The number of aliphatic carboxylic acids is 1. The summed E-state index contributed by atoms with van der Waals surface area (Å²) in [7, 11) is 0. The number of amides is 2. The first-order valence-corrected chi connectivity index (χ1v) is 12.9. The minimum absolute atomic E-state index is 0.319. The molecule has 1 aliphatic rings. The highest BCUT2D eigenvalue weighted by atomic mass is 32.1. The van der Waals surface area contributed by atoms with Crippen molar-refractivity contribution in [3.05, 3.63) is 36.7 Å². The highest BCUT2D eigenvalue weighted by Gasteiger charge is 2.37. The molecule has 0 saturated carbocycles. The Bertz CT molecular complexity index is 1300. The number of anilines is 2. The minimum Gasteiger partial charge on any atom is -0.481 e. The zero-order valence-electron chi connectivity index (χ0n) is 21.1. The van der Waals surface area contributed by atoms with Crippen LogP contribution in [0.25, 0.3) is 27.0 Å². The van der Waals surface area contributed by atoms with Gasteiger partial charge in [-0.1, -0.05) is 17.9 Å². The van der Waals surface area contributed by atoms with Crippen LogP contribution in [0.3, 0.4) is 0 Å². The molecule has 37 heavy (non-hydrogen) atoms. The Hall–Kier alpha value is -3.77. The van der Waals surface area contributed by atoms with Gasteiger partial charge in [0.15, 0.2) is 5.13 Å². The monoisotopic (exact) mass is 525 g/mol. The zero-order valence-corrected chi connectivity index (χ0v) is 21.9. The molecule has 196 valence electrons. The van der Waals surface area contributed by atoms with Crippen LogP contribution in [0.2, 0.25) is 0 Å². The summed E-state index contributed by atoms with van der Waals surface area (Å²) in [4.78, 5) is 44.6. The number of piperidine rings is 1. The van der Waals surface area contributed by atoms with Gasteiger partial charge in [0.05, 0.1) is 27.9 Å². The first kappa shape index (κ1) is 26.3. The Kier molecular flexibility index (Phi) is 7.89. The molecule has 0 spiro atoms. The van der Waals surface area contributed by atoms with Crippen molar-refractivity contribution >= 4 is 50.3 Å². The third-order valence-electron chi connectivity index (χ3n) is 6.35. The van der Waals surface area contributed by atoms with E-state index in [1.54, 1.807) is 19.3 Å². The van der Waals surface area contributed by atoms with E-state index in [1.165, 1.54) is 11.3 Å². The average molecular weight is 526 g/mol. The van der Waals surface area contributed by atoms with Crippen LogP contribution in [-0.2, 0) is 9.63 Å². The lowest BCUT2D eigenvalue weighted by molar-refractivity contribution is -0.149. The van der Waals surface area contributed by atoms with Gasteiger partial charge in [0.2, 0.25) is 5.95 Å². The number of hydrogen-bond acceptors (Lipinski definition) is 9. The number of aromatic nitrogens is 3. The van der Waals surface area contributed by atoms with E-state index in [2.05, 4.69) is 37.6 Å². The average Bonchev–Trinajstić information content (AvgIpc) is 3.29. The van der Waals surface area contributed by atoms with Gasteiger partial charge in [-0.15, -0.1) is 0 Å². The molecule has 0 unspecified atom stereocenters. The minimum atomic E-state index is -0.763. The fourth-order valence-corrected chi connectivity index (χ4v) is 5.02. The lowest BCUT2D eigenvalue weighted by Crippen LogP contribution is -2.43. The van der Waals surface area contributed by atoms with Gasteiger partial charge in [0.25, 0.3) is 0 Å². The van der Waals surface area contributed by atoms with E-state index in [4.69, 9.17) is 4.84 Å². The van der Waals surface area contributed by atoms with Crippen molar-refractivity contribution in [1.29, 1.82) is 0 Å². The predicted molar refractivity (Wildman–Crippen MR) is 144 cm³/mol. The number of carbonyl (C=O) groups is 2. The van der Waals surface area contributed by atoms with Crippen LogP contribution >= 0.6 is 11.3 Å². The van der Waals surface area contributed by atoms with E-state index in [9.17, 15) is 14.7 Å². The summed E-state index contributed by atoms with van der Waals surface area (Å²) in [5, 5.41) is 15.4. The number of urea groups is 1. The predicted octanol–water partition coefficient (Wildman–Crippen LogP) is 4.10. The molecule has 11 nitrogen and oxygen atoms in total. The molecule has 2 aromatic heterocycles. The Balaban J connectivity index is 1.62. The summed E-state index contributed by atoms with van der Waals surface area (Å²) in [6, 6.07) is 3.56. The van der Waals surface area contributed by atoms with Gasteiger partial charge in [-0.05, 0) is 51.3 Å². The third-order valence-corrected chi connectivity index (χ3v) is 7.37. The standard InChI is InChI=1S/C25H31N7O4S/c1-5-26-23(35)30-24-29-19-12-16(11-18(20(19)37-24)15(3)31-36-6-2)17-13-27-22(28-14-17)32-9-7-25(4,8-10-32)21(33)34/h11-14,31H,3,5-10H2,1-2,4H3,(H,33,34)(H2,26,29,30,35). The molecule has 3 aromatic rings. The lowest BCUT2D eigenvalue weighted by Gasteiger charge is -2.36. The summed E-state index contributed by atoms with van der Waals surface area (Å²) < 4.78 is 0.847. The van der Waals surface area contributed by atoms with Gasteiger partial charge in [0, 0.05) is 43.2 Å². The highest BCUT2D eigenvalue weighted by molar-refractivity contribution is 7.22. The maximum absolute atomic E-state index is 12.0. The maximum Gasteiger partial charge on any atom is 0.321 e. The van der Waals surface area contributed by atoms with Crippen molar-refractivity contribution in [2.75, 3.05) is 36.5 Å². The summed E-state index contributed by atoms with van der Waals surface area (Å²) in [5.41, 5.74) is 5.82. The Morgan fingerprint density at radius 1 is 1.19 bits per heavy atom. The van der Waals surface area contributed by atoms with Crippen molar-refractivity contribution in [3.63, 3.8) is 0 Å². The van der Waals surface area contributed by atoms with E-state index >= 15 is 0 Å². The number of rotatable bonds is 9. The molecule has 0 atom stereocenters. The van der Waals surface area contributed by atoms with Crippen LogP contribution in [0.4, 0.5) is 15.9 Å². The fourth-order valence-electron chi connectivity index (χ4n) is 4.04. The van der Waals surface area contributed by atoms with E-state index in [0.29, 0.717) is 61.4 Å². The lowest BCUT2D eigenvalue weighted by atomic mass is 9.80. The van der Waals surface area contributed by atoms with Crippen LogP contribution in [0.15, 0.2) is 31.1 Å². The van der Waals surface area contributed by atoms with E-state index in [1.807, 2.05) is 30.9 Å². The number of nitrogens with one attached hydrogen (secondary N) is 3. The molecular formula is C25H31N7O4S. The molecule has 12 heteroatoms. The van der Waals surface area contributed by atoms with Crippen molar-refractivity contribution < 1.29 is 19.5 Å². The molecule has 3 heterocycles. The Morgan fingerprint density at radius 2 is 1.89 bits per heavy atom. The molecule has 0 bridgehead atoms. The largest absolute Gasteiger partial charge is 0.481 e. The summed E-state index contributed by atoms with van der Waals surface area (Å²) in [6.07, 6.45) is 4.58. The van der Waals surface area contributed by atoms with E-state index < -0.39 is 11.4 Å². The second-order valence-corrected chi connectivity index (χ2v) is 10.0. The quantitative estimate of drug-likeness (QED) is 0.304. The van der Waals surface area contributed by atoms with Gasteiger partial charge in [-0.25, -0.2) is 19.7 Å². The van der Waals surface area contributed by atoms with Crippen LogP contribution in [0, 0.1) is 5.41 Å². The first-order valence-electron chi connectivity index (χ1n) is 12.1. The van der Waals surface area contributed by atoms with Gasteiger partial charge in [-0.2, -0.15) is 0 Å². The summed E-state index contributed by atoms with van der Waals surface area (Å²) in [5.74, 6) is -0.191. The van der Waals surface area contributed by atoms with Gasteiger partial charge >= 0.3 is 12.0 Å². The van der Waals surface area contributed by atoms with Gasteiger partial charge in [-0.3, -0.25) is 20.4 Å². The number of hydroxylamine groups is 1. The first-order chi connectivity index (χ1) is 17.7. The molecule has 1 fully saturated rings. The number of hydrogen-bond donors (Lipinski definition) is 4. The summed E-state index contributed by atoms with van der Waals surface area (Å²) in [6.45, 7) is 11.8. The van der Waals surface area contributed by atoms with Crippen molar-refractivity contribution in [3.8, 4) is 11.1 Å². The zero-order chi connectivity index (χ0) is 26.6. The third kappa shape index (κ3) is 5.81. The van der Waals surface area contributed by atoms with Crippen molar-refractivity contribution in [1.82, 2.24) is 25.7 Å². The van der Waals surface area contributed by atoms with Crippen molar-refractivity contribution in [2.24, 2.45) is 5.41 Å². The number of benzene rings is 1. The van der Waals surface area contributed by atoms with Gasteiger partial charge < -0.3 is 15.3 Å². The fraction of sp³-hybridized carbons (Fsp3) is 0.400. The second kappa shape index (κ2) is 11.1. The topological polar surface area (TPSA) is 142 Å². The van der Waals surface area contributed by atoms with Crippen molar-refractivity contribution in [2.45, 2.75) is 33.6 Å². The smallest absolute Gasteiger partial charge is 0.321 e. The molecule has 2 amide bonds. The number of fused-ring (bicyclic) bond motifs is 1. The number of carboxylic acid groups (broad SMARTS) is 1. The van der Waals surface area contributed by atoms with Crippen LogP contribution in [0.1, 0.15) is 39.2 Å². The number of nitrogens with zero attached hydrogens (tertiary/aromatic N) is 4. The van der Waals surface area contributed by atoms with Gasteiger partial charge in [0.1, 0.15) is 0 Å². The van der Waals surface area contributed by atoms with E-state index in [-0.39, 0.29) is 6.03 Å². The molecule has 4 N–H and O–H groups in total. The second-order valence-electron chi connectivity index (χ2n) is 9.01. The highest BCUT2D eigenvalue weighted by Crippen LogP contribution is 2.36. The number of carboxylic acids is 1. The Morgan fingerprint density at radius 3 is 2.51 bits per heavy atom. The maximum atomic E-state index is 12.0. The van der Waals surface area contributed by atoms with E-state index in [0.717, 1.165) is 21.4 Å². The molecule has 1 aromatic carbocycles. The Labute approximate surface area is 218 Å². The molecular weight excluding hydrogens is 494 g/mol. The molecule has 1 saturated heterocycles. The number of carbonyl (C=O) groups excluding carboxylic acids is 1. The van der Waals surface area contributed by atoms with Crippen LogP contribution < -0.4 is 21.0 Å². The normalized spacial score (nSPS) is 14.8. The molecule has 0 aliphatic carbocycles. The summed E-state index contributed by atoms with van der Waals surface area (Å²) >= 11 is 1.35. The SMILES string of the molecule is C=C(NOCC)c1cc(-c2cnc(N3CCC(C)(C(=O)O)CC3)nc2)cc2nc(NC(=O)NCC)sc12. The molecule has 1 aliphatic heterocycles. The molecule has 4 rings (SSSR count). The van der Waals surface area contributed by atoms with Crippen LogP contribution in [-0.4, -0.2) is 58.3 Å².